The number of halogens is 1. The van der Waals surface area contributed by atoms with E-state index >= 15 is 0 Å². The third-order valence-electron chi connectivity index (χ3n) is 7.44. The van der Waals surface area contributed by atoms with Gasteiger partial charge in [0.05, 0.1) is 36.9 Å². The van der Waals surface area contributed by atoms with Crippen molar-refractivity contribution in [1.29, 1.82) is 0 Å². The van der Waals surface area contributed by atoms with E-state index in [9.17, 15) is 4.79 Å². The van der Waals surface area contributed by atoms with E-state index in [-0.39, 0.29) is 27.5 Å². The lowest BCUT2D eigenvalue weighted by atomic mass is 9.33. The first kappa shape index (κ1) is 23.4. The van der Waals surface area contributed by atoms with Crippen molar-refractivity contribution in [3.8, 4) is 0 Å². The molecule has 3 saturated carbocycles. The molecule has 1 unspecified atom stereocenters. The number of hydrogen-bond donors (Lipinski definition) is 1. The molecule has 11 heteroatoms. The van der Waals surface area contributed by atoms with E-state index in [0.717, 1.165) is 25.7 Å². The fraction of sp³-hybridized carbons (Fsp3) is 0.636. The van der Waals surface area contributed by atoms with Gasteiger partial charge < -0.3 is 9.47 Å². The fourth-order valence-corrected chi connectivity index (χ4v) is 5.90. The van der Waals surface area contributed by atoms with Crippen LogP contribution in [0.1, 0.15) is 56.8 Å². The van der Waals surface area contributed by atoms with Gasteiger partial charge in [-0.3, -0.25) is 5.01 Å². The van der Waals surface area contributed by atoms with Crippen LogP contribution in [0.2, 0.25) is 10.4 Å². The third-order valence-corrected chi connectivity index (χ3v) is 7.73. The molecule has 164 valence electrons. The maximum atomic E-state index is 12.3. The van der Waals surface area contributed by atoms with Crippen LogP contribution >= 0.6 is 11.6 Å². The number of hydrazine groups is 1. The van der Waals surface area contributed by atoms with Gasteiger partial charge in [-0.1, -0.05) is 16.8 Å². The number of aromatic nitrogens is 1. The average molecular weight is 457 g/mol. The largest absolute Gasteiger partial charge is 0.456 e. The van der Waals surface area contributed by atoms with Gasteiger partial charge in [-0.05, 0) is 86.8 Å². The van der Waals surface area contributed by atoms with Crippen molar-refractivity contribution in [2.24, 2.45) is 16.7 Å². The maximum Gasteiger partial charge on any atom is 0.341 e. The van der Waals surface area contributed by atoms with Crippen LogP contribution in [-0.2, 0) is 9.47 Å². The lowest BCUT2D eigenvalue weighted by Gasteiger charge is -2.46. The summed E-state index contributed by atoms with van der Waals surface area (Å²) in [6.45, 7) is 5.35. The Morgan fingerprint density at radius 3 is 2.27 bits per heavy atom. The van der Waals surface area contributed by atoms with Crippen LogP contribution < -0.4 is 10.4 Å². The molecule has 3 fully saturated rings. The number of hydrogen-bond acceptors (Lipinski definition) is 6. The molecule has 8 radical (unpaired) electrons. The van der Waals surface area contributed by atoms with E-state index < -0.39 is 28.4 Å². The van der Waals surface area contributed by atoms with E-state index in [1.54, 1.807) is 50.2 Å². The second-order valence-electron chi connectivity index (χ2n) is 10.9. The molecular formula is C22H24B4ClN3O3. The zero-order chi connectivity index (χ0) is 24.0. The zero-order valence-electron chi connectivity index (χ0n) is 19.1. The van der Waals surface area contributed by atoms with Gasteiger partial charge in [0.15, 0.2) is 0 Å². The molecule has 3 aliphatic carbocycles. The highest BCUT2D eigenvalue weighted by Crippen LogP contribution is 2.96. The molecule has 0 saturated heterocycles. The molecule has 6 nitrogen and oxygen atoms in total. The van der Waals surface area contributed by atoms with E-state index in [1.807, 2.05) is 0 Å². The highest BCUT2D eigenvalue weighted by atomic mass is 35.5. The van der Waals surface area contributed by atoms with Crippen molar-refractivity contribution >= 4 is 54.8 Å². The van der Waals surface area contributed by atoms with E-state index in [4.69, 9.17) is 52.5 Å². The Hall–Kier alpha value is -1.37. The molecule has 5 rings (SSSR count). The zero-order valence-corrected chi connectivity index (χ0v) is 19.9. The average Bonchev–Trinajstić information content (AvgIpc) is 3.63. The number of anilines is 1. The molecule has 0 amide bonds. The number of pyridine rings is 1. The summed E-state index contributed by atoms with van der Waals surface area (Å²) < 4.78 is 11.3. The van der Waals surface area contributed by atoms with Crippen LogP contribution in [0.3, 0.4) is 0 Å². The monoisotopic (exact) mass is 457 g/mol. The van der Waals surface area contributed by atoms with Crippen molar-refractivity contribution < 1.29 is 14.3 Å². The normalized spacial score (nSPS) is 25.0. The Balaban J connectivity index is 1.23. The minimum Gasteiger partial charge on any atom is -0.456 e. The minimum atomic E-state index is -1.75. The summed E-state index contributed by atoms with van der Waals surface area (Å²) in [5, 5.41) is -1.50. The molecular weight excluding hydrogens is 433 g/mol. The molecule has 1 aromatic rings. The lowest BCUT2D eigenvalue weighted by Crippen LogP contribution is -2.54. The van der Waals surface area contributed by atoms with Crippen LogP contribution in [0, 0.1) is 16.7 Å². The van der Waals surface area contributed by atoms with Crippen molar-refractivity contribution in [2.45, 2.75) is 68.9 Å². The summed E-state index contributed by atoms with van der Waals surface area (Å²) in [6, 6.07) is 3.19. The number of esters is 1. The summed E-state index contributed by atoms with van der Waals surface area (Å²) in [4.78, 5) is 16.6. The molecule has 4 aliphatic rings. The summed E-state index contributed by atoms with van der Waals surface area (Å²) in [5.41, 5.74) is 3.04. The number of carbonyl (C=O) groups excluding carboxylic acids is 1. The summed E-state index contributed by atoms with van der Waals surface area (Å²) in [5.74, 6) is -0.0371. The first-order valence-electron chi connectivity index (χ1n) is 11.2. The lowest BCUT2D eigenvalue weighted by molar-refractivity contribution is 0.00311. The molecule has 2 spiro atoms. The number of nitrogens with zero attached hydrogens (tertiary/aromatic N) is 2. The summed E-state index contributed by atoms with van der Waals surface area (Å²) in [6.07, 6.45) is 7.26. The topological polar surface area (TPSA) is 63.7 Å². The molecule has 0 bridgehead atoms. The SMILES string of the molecule is [B]C([B])(OC1C=CN(c2ccc(C(=O)OC(C)(C)C)c(Cl)n2)N1)C([B])([B])C1C2(CC2)C12CC2. The van der Waals surface area contributed by atoms with E-state index in [0.29, 0.717) is 5.82 Å². The van der Waals surface area contributed by atoms with Crippen LogP contribution in [0.5, 0.6) is 0 Å². The molecule has 0 aromatic carbocycles. The van der Waals surface area contributed by atoms with Crippen LogP contribution in [-0.4, -0.2) is 59.6 Å². The number of rotatable bonds is 6. The first-order valence-corrected chi connectivity index (χ1v) is 11.6. The first-order chi connectivity index (χ1) is 15.2. The van der Waals surface area contributed by atoms with Crippen LogP contribution in [0.4, 0.5) is 5.82 Å². The molecule has 1 atom stereocenters. The Morgan fingerprint density at radius 1 is 1.15 bits per heavy atom. The minimum absolute atomic E-state index is 0.0226. The number of nitrogens with one attached hydrogen (secondary N) is 1. The second-order valence-corrected chi connectivity index (χ2v) is 11.2. The summed E-state index contributed by atoms with van der Waals surface area (Å²) in [7, 11) is 25.8. The van der Waals surface area contributed by atoms with Crippen molar-refractivity contribution in [1.82, 2.24) is 10.4 Å². The van der Waals surface area contributed by atoms with E-state index in [2.05, 4.69) is 10.4 Å². The van der Waals surface area contributed by atoms with Gasteiger partial charge in [0, 0.05) is 6.20 Å². The number of ether oxygens (including phenoxy) is 2. The van der Waals surface area contributed by atoms with Gasteiger partial charge in [-0.15, -0.1) is 0 Å². The van der Waals surface area contributed by atoms with Gasteiger partial charge in [0.1, 0.15) is 22.8 Å². The highest BCUT2D eigenvalue weighted by molar-refractivity contribution is 6.54. The Morgan fingerprint density at radius 2 is 1.76 bits per heavy atom. The molecule has 33 heavy (non-hydrogen) atoms. The Bertz CT molecular complexity index is 1020. The van der Waals surface area contributed by atoms with E-state index in [1.165, 1.54) is 0 Å². The highest BCUT2D eigenvalue weighted by Gasteiger charge is 2.88. The quantitative estimate of drug-likeness (QED) is 0.403. The maximum absolute atomic E-state index is 12.3. The van der Waals surface area contributed by atoms with Crippen molar-refractivity contribution in [2.75, 3.05) is 5.01 Å². The predicted molar refractivity (Wildman–Crippen MR) is 129 cm³/mol. The molecule has 1 N–H and O–H groups in total. The van der Waals surface area contributed by atoms with Gasteiger partial charge in [0.2, 0.25) is 0 Å². The van der Waals surface area contributed by atoms with Crippen LogP contribution in [0.25, 0.3) is 0 Å². The standard InChI is InChI=1S/C22H24B4ClN3O3/c1-18(2,3)33-16(31)12-4-5-13(28-15(12)27)30-11-6-14(29-30)32-22(25,26)21(23,24)17-19(7-8-19)20(17)9-10-20/h4-6,11,14,17,29H,7-10H2,1-3H3. The van der Waals surface area contributed by atoms with Gasteiger partial charge in [-0.25, -0.2) is 9.78 Å². The van der Waals surface area contributed by atoms with Crippen LogP contribution in [0.15, 0.2) is 24.4 Å². The fourth-order valence-electron chi connectivity index (χ4n) is 5.67. The van der Waals surface area contributed by atoms with Crippen molar-refractivity contribution in [3.63, 3.8) is 0 Å². The molecule has 1 aliphatic heterocycles. The van der Waals surface area contributed by atoms with Crippen molar-refractivity contribution in [3.05, 3.63) is 35.1 Å². The molecule has 1 aromatic heterocycles. The number of fused-ring (bicyclic) bond motifs is 1. The Kier molecular flexibility index (Phi) is 5.01. The van der Waals surface area contributed by atoms with Gasteiger partial charge in [-0.2, -0.15) is 5.43 Å². The summed E-state index contributed by atoms with van der Waals surface area (Å²) >= 11 is 6.25. The molecule has 2 heterocycles. The third kappa shape index (κ3) is 3.68. The second kappa shape index (κ2) is 7.08. The van der Waals surface area contributed by atoms with Gasteiger partial charge in [0.25, 0.3) is 0 Å². The predicted octanol–water partition coefficient (Wildman–Crippen LogP) is 2.51. The smallest absolute Gasteiger partial charge is 0.341 e. The van der Waals surface area contributed by atoms with Gasteiger partial charge >= 0.3 is 5.97 Å². The Labute approximate surface area is 205 Å². The number of carbonyl (C=O) groups is 1.